The minimum absolute atomic E-state index is 0.0903. The maximum atomic E-state index is 11.9. The molecule has 1 unspecified atom stereocenters. The number of unbranched alkanes of at least 4 members (excludes halogenated alkanes) is 19. The second-order valence-corrected chi connectivity index (χ2v) is 10.1. The number of hydrogen-bond acceptors (Lipinski definition) is 2. The van der Waals surface area contributed by atoms with Crippen molar-refractivity contribution in [1.29, 1.82) is 0 Å². The van der Waals surface area contributed by atoms with Gasteiger partial charge in [-0.2, -0.15) is 0 Å². The van der Waals surface area contributed by atoms with E-state index in [9.17, 15) is 4.79 Å². The first-order chi connectivity index (χ1) is 15.6. The average Bonchev–Trinajstić information content (AvgIpc) is 2.78. The normalized spacial score (nSPS) is 12.1. The van der Waals surface area contributed by atoms with Crippen molar-refractivity contribution in [1.82, 2.24) is 0 Å². The molecule has 0 aromatic carbocycles. The Labute approximate surface area is 202 Å². The van der Waals surface area contributed by atoms with E-state index in [1.165, 1.54) is 135 Å². The summed E-state index contributed by atoms with van der Waals surface area (Å²) in [5, 5.41) is 0. The summed E-state index contributed by atoms with van der Waals surface area (Å²) >= 11 is 0. The van der Waals surface area contributed by atoms with Gasteiger partial charge in [-0.25, -0.2) is 4.79 Å². The zero-order chi connectivity index (χ0) is 23.7. The minimum atomic E-state index is -0.208. The summed E-state index contributed by atoms with van der Waals surface area (Å²) in [6, 6.07) is 0. The lowest BCUT2D eigenvalue weighted by molar-refractivity contribution is -0.145. The molecular weight excluding hydrogens is 392 g/mol. The van der Waals surface area contributed by atoms with Crippen LogP contribution in [0.4, 0.5) is 0 Å². The molecule has 0 aliphatic rings. The van der Waals surface area contributed by atoms with Crippen molar-refractivity contribution in [3.8, 4) is 0 Å². The SMILES string of the molecule is C=C(C)C(=O)OC(CCCCCCC)CCCCCCCCCCCCCCCCCC. The summed E-state index contributed by atoms with van der Waals surface area (Å²) in [5.41, 5.74) is 0.521. The van der Waals surface area contributed by atoms with Gasteiger partial charge in [-0.3, -0.25) is 0 Å². The first-order valence-corrected chi connectivity index (χ1v) is 14.5. The van der Waals surface area contributed by atoms with E-state index in [0.717, 1.165) is 12.8 Å². The van der Waals surface area contributed by atoms with E-state index in [4.69, 9.17) is 4.74 Å². The van der Waals surface area contributed by atoms with Crippen LogP contribution in [0.1, 0.15) is 168 Å². The van der Waals surface area contributed by atoms with Crippen LogP contribution >= 0.6 is 0 Å². The van der Waals surface area contributed by atoms with E-state index in [2.05, 4.69) is 20.4 Å². The van der Waals surface area contributed by atoms with Gasteiger partial charge in [0.25, 0.3) is 0 Å². The number of carbonyl (C=O) groups excluding carboxylic acids is 1. The molecule has 0 bridgehead atoms. The highest BCUT2D eigenvalue weighted by Crippen LogP contribution is 2.18. The number of carbonyl (C=O) groups is 1. The summed E-state index contributed by atoms with van der Waals surface area (Å²) in [7, 11) is 0. The molecular formula is C30H58O2. The highest BCUT2D eigenvalue weighted by atomic mass is 16.5. The molecule has 0 saturated carbocycles. The van der Waals surface area contributed by atoms with Crippen molar-refractivity contribution >= 4 is 5.97 Å². The van der Waals surface area contributed by atoms with E-state index in [0.29, 0.717) is 5.57 Å². The topological polar surface area (TPSA) is 26.3 Å². The molecule has 0 fully saturated rings. The largest absolute Gasteiger partial charge is 0.459 e. The van der Waals surface area contributed by atoms with Crippen molar-refractivity contribution in [2.75, 3.05) is 0 Å². The predicted octanol–water partition coefficient (Wildman–Crippen LogP) is 10.5. The molecule has 190 valence electrons. The van der Waals surface area contributed by atoms with Crippen LogP contribution in [-0.4, -0.2) is 12.1 Å². The Kier molecular flexibility index (Phi) is 24.2. The predicted molar refractivity (Wildman–Crippen MR) is 142 cm³/mol. The van der Waals surface area contributed by atoms with Crippen LogP contribution in [0.15, 0.2) is 12.2 Å². The average molecular weight is 451 g/mol. The molecule has 0 N–H and O–H groups in total. The number of ether oxygens (including phenoxy) is 1. The lowest BCUT2D eigenvalue weighted by Gasteiger charge is -2.18. The summed E-state index contributed by atoms with van der Waals surface area (Å²) < 4.78 is 5.70. The lowest BCUT2D eigenvalue weighted by atomic mass is 10.0. The fraction of sp³-hybridized carbons (Fsp3) is 0.900. The first kappa shape index (κ1) is 31.2. The van der Waals surface area contributed by atoms with Crippen molar-refractivity contribution in [2.24, 2.45) is 0 Å². The standard InChI is InChI=1S/C30H58O2/c1-5-7-9-11-12-13-14-15-16-17-18-19-20-21-23-25-27-29(32-30(31)28(3)4)26-24-22-10-8-6-2/h29H,3,5-27H2,1-2,4H3. The Morgan fingerprint density at radius 1 is 0.562 bits per heavy atom. The van der Waals surface area contributed by atoms with Crippen LogP contribution in [0.3, 0.4) is 0 Å². The van der Waals surface area contributed by atoms with Crippen LogP contribution in [0.5, 0.6) is 0 Å². The molecule has 0 aromatic rings. The quantitative estimate of drug-likeness (QED) is 0.0785. The van der Waals surface area contributed by atoms with Crippen molar-refractivity contribution < 1.29 is 9.53 Å². The first-order valence-electron chi connectivity index (χ1n) is 14.5. The zero-order valence-corrected chi connectivity index (χ0v) is 22.4. The van der Waals surface area contributed by atoms with E-state index in [1.54, 1.807) is 6.92 Å². The summed E-state index contributed by atoms with van der Waals surface area (Å²) in [6.45, 7) is 10.0. The molecule has 0 spiro atoms. The van der Waals surface area contributed by atoms with Crippen LogP contribution < -0.4 is 0 Å². The second kappa shape index (κ2) is 24.8. The highest BCUT2D eigenvalue weighted by molar-refractivity contribution is 5.87. The van der Waals surface area contributed by atoms with E-state index in [1.807, 2.05) is 0 Å². The molecule has 2 heteroatoms. The van der Waals surface area contributed by atoms with Gasteiger partial charge in [0.2, 0.25) is 0 Å². The van der Waals surface area contributed by atoms with Gasteiger partial charge in [-0.05, 0) is 32.6 Å². The van der Waals surface area contributed by atoms with E-state index >= 15 is 0 Å². The molecule has 0 aliphatic carbocycles. The Hall–Kier alpha value is -0.790. The Morgan fingerprint density at radius 3 is 1.12 bits per heavy atom. The molecule has 0 heterocycles. The van der Waals surface area contributed by atoms with Gasteiger partial charge < -0.3 is 4.74 Å². The van der Waals surface area contributed by atoms with Gasteiger partial charge in [-0.15, -0.1) is 0 Å². The van der Waals surface area contributed by atoms with E-state index in [-0.39, 0.29) is 12.1 Å². The zero-order valence-electron chi connectivity index (χ0n) is 22.4. The second-order valence-electron chi connectivity index (χ2n) is 10.1. The van der Waals surface area contributed by atoms with Gasteiger partial charge in [0.05, 0.1) is 0 Å². The van der Waals surface area contributed by atoms with Gasteiger partial charge >= 0.3 is 5.97 Å². The fourth-order valence-corrected chi connectivity index (χ4v) is 4.41. The van der Waals surface area contributed by atoms with Crippen LogP contribution in [0.2, 0.25) is 0 Å². The van der Waals surface area contributed by atoms with Crippen LogP contribution in [-0.2, 0) is 9.53 Å². The smallest absolute Gasteiger partial charge is 0.333 e. The Bertz CT molecular complexity index is 415. The Balaban J connectivity index is 3.60. The molecule has 32 heavy (non-hydrogen) atoms. The molecule has 0 saturated heterocycles. The van der Waals surface area contributed by atoms with Crippen molar-refractivity contribution in [3.05, 3.63) is 12.2 Å². The molecule has 1 atom stereocenters. The summed E-state index contributed by atoms with van der Waals surface area (Å²) in [5.74, 6) is -0.208. The molecule has 0 amide bonds. The van der Waals surface area contributed by atoms with Crippen LogP contribution in [0.25, 0.3) is 0 Å². The molecule has 0 aliphatic heterocycles. The molecule has 2 nitrogen and oxygen atoms in total. The third-order valence-corrected chi connectivity index (χ3v) is 6.63. The monoisotopic (exact) mass is 450 g/mol. The maximum Gasteiger partial charge on any atom is 0.333 e. The maximum absolute atomic E-state index is 11.9. The number of rotatable bonds is 25. The van der Waals surface area contributed by atoms with Crippen LogP contribution in [0, 0.1) is 0 Å². The Morgan fingerprint density at radius 2 is 0.844 bits per heavy atom. The van der Waals surface area contributed by atoms with Gasteiger partial charge in [0.1, 0.15) is 6.10 Å². The lowest BCUT2D eigenvalue weighted by Crippen LogP contribution is -2.18. The fourth-order valence-electron chi connectivity index (χ4n) is 4.41. The van der Waals surface area contributed by atoms with Crippen molar-refractivity contribution in [2.45, 2.75) is 175 Å². The highest BCUT2D eigenvalue weighted by Gasteiger charge is 2.14. The summed E-state index contributed by atoms with van der Waals surface area (Å²) in [6.07, 6.45) is 30.7. The van der Waals surface area contributed by atoms with Crippen molar-refractivity contribution in [3.63, 3.8) is 0 Å². The molecule has 0 rings (SSSR count). The number of esters is 1. The van der Waals surface area contributed by atoms with Gasteiger partial charge in [-0.1, -0.05) is 142 Å². The molecule has 0 radical (unpaired) electrons. The minimum Gasteiger partial charge on any atom is -0.459 e. The number of hydrogen-bond donors (Lipinski definition) is 0. The van der Waals surface area contributed by atoms with Gasteiger partial charge in [0.15, 0.2) is 0 Å². The van der Waals surface area contributed by atoms with Gasteiger partial charge in [0, 0.05) is 5.57 Å². The third-order valence-electron chi connectivity index (χ3n) is 6.63. The summed E-state index contributed by atoms with van der Waals surface area (Å²) in [4.78, 5) is 11.9. The van der Waals surface area contributed by atoms with E-state index < -0.39 is 0 Å². The molecule has 0 aromatic heterocycles. The third kappa shape index (κ3) is 22.4.